The normalized spacial score (nSPS) is 17.4. The van der Waals surface area contributed by atoms with Crippen LogP contribution < -0.4 is 14.8 Å². The predicted octanol–water partition coefficient (Wildman–Crippen LogP) is 5.68. The Bertz CT molecular complexity index is 824. The summed E-state index contributed by atoms with van der Waals surface area (Å²) in [7, 11) is 0. The highest BCUT2D eigenvalue weighted by molar-refractivity contribution is 5.94. The molecular weight excluding hydrogens is 362 g/mol. The second-order valence-electron chi connectivity index (χ2n) is 8.19. The summed E-state index contributed by atoms with van der Waals surface area (Å²) in [4.78, 5) is 12.7. The Labute approximate surface area is 173 Å². The molecule has 0 heterocycles. The zero-order valence-corrected chi connectivity index (χ0v) is 17.3. The Hall–Kier alpha value is -2.49. The van der Waals surface area contributed by atoms with Gasteiger partial charge in [0.15, 0.2) is 6.10 Å². The van der Waals surface area contributed by atoms with E-state index in [0.717, 1.165) is 42.9 Å². The average molecular weight is 394 g/mol. The first-order valence-electron chi connectivity index (χ1n) is 11.1. The van der Waals surface area contributed by atoms with Gasteiger partial charge >= 0.3 is 0 Å². The maximum atomic E-state index is 12.7. The van der Waals surface area contributed by atoms with Gasteiger partial charge in [-0.25, -0.2) is 0 Å². The number of carbonyl (C=O) groups excluding carboxylic acids is 1. The molecular formula is C25H31NO3. The van der Waals surface area contributed by atoms with Crippen molar-refractivity contribution in [3.8, 4) is 11.5 Å². The van der Waals surface area contributed by atoms with E-state index in [4.69, 9.17) is 9.47 Å². The number of carbonyl (C=O) groups is 1. The second-order valence-corrected chi connectivity index (χ2v) is 8.19. The number of hydrogen-bond acceptors (Lipinski definition) is 3. The lowest BCUT2D eigenvalue weighted by Crippen LogP contribution is -2.32. The quantitative estimate of drug-likeness (QED) is 0.658. The first-order chi connectivity index (χ1) is 14.2. The highest BCUT2D eigenvalue weighted by atomic mass is 16.5. The first kappa shape index (κ1) is 19.8. The molecule has 0 unspecified atom stereocenters. The third-order valence-electron chi connectivity index (χ3n) is 5.99. The molecule has 0 aromatic heterocycles. The van der Waals surface area contributed by atoms with Gasteiger partial charge in [-0.05, 0) is 105 Å². The monoisotopic (exact) mass is 393 g/mol. The highest BCUT2D eigenvalue weighted by Gasteiger charge is 2.20. The van der Waals surface area contributed by atoms with Crippen LogP contribution >= 0.6 is 0 Å². The second kappa shape index (κ2) is 9.34. The van der Waals surface area contributed by atoms with Crippen molar-refractivity contribution >= 4 is 11.6 Å². The Balaban J connectivity index is 1.34. The summed E-state index contributed by atoms with van der Waals surface area (Å²) in [5.74, 6) is 1.54. The third kappa shape index (κ3) is 5.11. The number of amides is 1. The third-order valence-corrected chi connectivity index (χ3v) is 5.99. The van der Waals surface area contributed by atoms with Gasteiger partial charge in [0.05, 0.1) is 6.10 Å². The van der Waals surface area contributed by atoms with Crippen molar-refractivity contribution in [2.75, 3.05) is 5.32 Å². The van der Waals surface area contributed by atoms with Gasteiger partial charge in [-0.1, -0.05) is 13.0 Å². The van der Waals surface area contributed by atoms with E-state index < -0.39 is 6.10 Å². The molecule has 4 nitrogen and oxygen atoms in total. The first-order valence-corrected chi connectivity index (χ1v) is 11.1. The van der Waals surface area contributed by atoms with Crippen LogP contribution in [0.4, 0.5) is 5.69 Å². The van der Waals surface area contributed by atoms with E-state index in [0.29, 0.717) is 12.5 Å². The fourth-order valence-corrected chi connectivity index (χ4v) is 4.31. The van der Waals surface area contributed by atoms with Crippen LogP contribution in [-0.4, -0.2) is 18.1 Å². The Kier molecular flexibility index (Phi) is 6.38. The number of aryl methyl sites for hydroxylation is 2. The molecule has 0 radical (unpaired) electrons. The molecule has 1 saturated carbocycles. The summed E-state index contributed by atoms with van der Waals surface area (Å²) in [6.07, 6.45) is 9.96. The molecule has 2 aliphatic carbocycles. The lowest BCUT2D eigenvalue weighted by molar-refractivity contribution is -0.122. The molecule has 0 saturated heterocycles. The largest absolute Gasteiger partial charge is 0.490 e. The maximum absolute atomic E-state index is 12.7. The summed E-state index contributed by atoms with van der Waals surface area (Å²) >= 11 is 0. The van der Waals surface area contributed by atoms with E-state index >= 15 is 0 Å². The van der Waals surface area contributed by atoms with Gasteiger partial charge in [-0.3, -0.25) is 4.79 Å². The topological polar surface area (TPSA) is 47.6 Å². The molecule has 1 amide bonds. The van der Waals surface area contributed by atoms with Crippen molar-refractivity contribution in [2.24, 2.45) is 0 Å². The van der Waals surface area contributed by atoms with Crippen LogP contribution in [0.2, 0.25) is 0 Å². The molecule has 2 aliphatic rings. The number of nitrogens with one attached hydrogen (secondary N) is 1. The summed E-state index contributed by atoms with van der Waals surface area (Å²) in [5, 5.41) is 2.98. The number of anilines is 1. The van der Waals surface area contributed by atoms with Crippen molar-refractivity contribution in [1.29, 1.82) is 0 Å². The van der Waals surface area contributed by atoms with E-state index in [-0.39, 0.29) is 5.91 Å². The lowest BCUT2D eigenvalue weighted by Gasteiger charge is -2.20. The fourth-order valence-electron chi connectivity index (χ4n) is 4.31. The van der Waals surface area contributed by atoms with Crippen LogP contribution in [-0.2, 0) is 17.6 Å². The Morgan fingerprint density at radius 3 is 2.38 bits per heavy atom. The molecule has 2 aromatic rings. The van der Waals surface area contributed by atoms with Gasteiger partial charge in [0.1, 0.15) is 11.5 Å². The van der Waals surface area contributed by atoms with Gasteiger partial charge in [0.25, 0.3) is 5.91 Å². The average Bonchev–Trinajstić information content (AvgIpc) is 3.26. The predicted molar refractivity (Wildman–Crippen MR) is 116 cm³/mol. The van der Waals surface area contributed by atoms with Gasteiger partial charge in [-0.15, -0.1) is 0 Å². The summed E-state index contributed by atoms with van der Waals surface area (Å²) in [6.45, 7) is 1.97. The van der Waals surface area contributed by atoms with E-state index in [2.05, 4.69) is 17.4 Å². The minimum atomic E-state index is -0.508. The molecule has 0 aliphatic heterocycles. The Morgan fingerprint density at radius 1 is 0.966 bits per heavy atom. The van der Waals surface area contributed by atoms with Crippen molar-refractivity contribution in [1.82, 2.24) is 0 Å². The van der Waals surface area contributed by atoms with Crippen LogP contribution in [0.15, 0.2) is 42.5 Å². The molecule has 1 N–H and O–H groups in total. The molecule has 29 heavy (non-hydrogen) atoms. The van der Waals surface area contributed by atoms with Crippen LogP contribution in [0.1, 0.15) is 63.0 Å². The number of benzene rings is 2. The molecule has 1 fully saturated rings. The van der Waals surface area contributed by atoms with Crippen LogP contribution in [0.25, 0.3) is 0 Å². The van der Waals surface area contributed by atoms with Gasteiger partial charge in [-0.2, -0.15) is 0 Å². The van der Waals surface area contributed by atoms with Crippen LogP contribution in [0.5, 0.6) is 11.5 Å². The minimum Gasteiger partial charge on any atom is -0.490 e. The number of ether oxygens (including phenoxy) is 2. The van der Waals surface area contributed by atoms with E-state index in [1.54, 1.807) is 0 Å². The maximum Gasteiger partial charge on any atom is 0.265 e. The molecule has 1 atom stereocenters. The summed E-state index contributed by atoms with van der Waals surface area (Å²) < 4.78 is 12.0. The minimum absolute atomic E-state index is 0.116. The van der Waals surface area contributed by atoms with E-state index in [1.807, 2.05) is 37.3 Å². The molecule has 0 spiro atoms. The smallest absolute Gasteiger partial charge is 0.265 e. The molecule has 4 heteroatoms. The van der Waals surface area contributed by atoms with Gasteiger partial charge < -0.3 is 14.8 Å². The molecule has 0 bridgehead atoms. The van der Waals surface area contributed by atoms with E-state index in [1.165, 1.54) is 36.8 Å². The van der Waals surface area contributed by atoms with Gasteiger partial charge in [0.2, 0.25) is 0 Å². The van der Waals surface area contributed by atoms with Crippen LogP contribution in [0.3, 0.4) is 0 Å². The number of hydrogen-bond donors (Lipinski definition) is 1. The van der Waals surface area contributed by atoms with Crippen molar-refractivity contribution in [2.45, 2.75) is 76.9 Å². The zero-order valence-electron chi connectivity index (χ0n) is 17.3. The summed E-state index contributed by atoms with van der Waals surface area (Å²) in [5.41, 5.74) is 3.55. The fraction of sp³-hybridized carbons (Fsp3) is 0.480. The summed E-state index contributed by atoms with van der Waals surface area (Å²) in [6, 6.07) is 13.9. The molecule has 2 aromatic carbocycles. The lowest BCUT2D eigenvalue weighted by atomic mass is 9.92. The van der Waals surface area contributed by atoms with Crippen LogP contribution in [0, 0.1) is 0 Å². The van der Waals surface area contributed by atoms with E-state index in [9.17, 15) is 4.79 Å². The van der Waals surface area contributed by atoms with Crippen molar-refractivity contribution < 1.29 is 14.3 Å². The Morgan fingerprint density at radius 2 is 1.66 bits per heavy atom. The molecule has 4 rings (SSSR count). The zero-order chi connectivity index (χ0) is 20.1. The molecule has 154 valence electrons. The number of rotatable bonds is 7. The highest BCUT2D eigenvalue weighted by Crippen LogP contribution is 2.27. The SMILES string of the molecule is CC[C@@H](Oc1ccc2c(c1)CCCC2)C(=O)Nc1ccc(OC2CCCC2)cc1. The van der Waals surface area contributed by atoms with Crippen molar-refractivity contribution in [3.05, 3.63) is 53.6 Å². The standard InChI is InChI=1S/C25H31NO3/c1-2-24(29-23-14-11-18-7-3-4-8-19(18)17-23)25(27)26-20-12-15-22(16-13-20)28-21-9-5-6-10-21/h11-17,21,24H,2-10H2,1H3,(H,26,27)/t24-/m1/s1. The van der Waals surface area contributed by atoms with Gasteiger partial charge in [0, 0.05) is 5.69 Å². The number of fused-ring (bicyclic) bond motifs is 1. The van der Waals surface area contributed by atoms with Crippen molar-refractivity contribution in [3.63, 3.8) is 0 Å².